The summed E-state index contributed by atoms with van der Waals surface area (Å²) in [6.45, 7) is 7.93. The first kappa shape index (κ1) is 14.8. The zero-order valence-corrected chi connectivity index (χ0v) is 10.2. The Bertz CT molecular complexity index is 120. The number of likely N-dealkylation sites (N-methyl/N-ethyl adjacent to an activating group) is 2. The van der Waals surface area contributed by atoms with Gasteiger partial charge in [0, 0.05) is 52.4 Å². The molecule has 0 saturated heterocycles. The van der Waals surface area contributed by atoms with E-state index in [0.717, 1.165) is 45.8 Å². The zero-order valence-electron chi connectivity index (χ0n) is 10.2. The Morgan fingerprint density at radius 2 is 1.53 bits per heavy atom. The lowest BCUT2D eigenvalue weighted by Gasteiger charge is -2.16. The summed E-state index contributed by atoms with van der Waals surface area (Å²) in [7, 11) is 4.13. The Morgan fingerprint density at radius 1 is 0.933 bits per heavy atom. The van der Waals surface area contributed by atoms with Crippen molar-refractivity contribution in [1.82, 2.24) is 20.9 Å². The van der Waals surface area contributed by atoms with E-state index in [2.05, 4.69) is 27.9 Å². The smallest absolute Gasteiger partial charge is 0.0104 e. The predicted octanol–water partition coefficient (Wildman–Crippen LogP) is -1.72. The van der Waals surface area contributed by atoms with Crippen molar-refractivity contribution in [2.45, 2.75) is 0 Å². The van der Waals surface area contributed by atoms with Crippen LogP contribution in [0.3, 0.4) is 0 Å². The van der Waals surface area contributed by atoms with Gasteiger partial charge in [0.15, 0.2) is 0 Å². The van der Waals surface area contributed by atoms with Crippen molar-refractivity contribution >= 4 is 0 Å². The summed E-state index contributed by atoms with van der Waals surface area (Å²) < 4.78 is 0. The summed E-state index contributed by atoms with van der Waals surface area (Å²) in [6.07, 6.45) is 0. The Kier molecular flexibility index (Phi) is 11.7. The average Bonchev–Trinajstić information content (AvgIpc) is 2.25. The first-order chi connectivity index (χ1) is 7.31. The van der Waals surface area contributed by atoms with Gasteiger partial charge in [-0.25, -0.2) is 0 Å². The fourth-order valence-corrected chi connectivity index (χ4v) is 1.21. The molecule has 0 radical (unpaired) electrons. The van der Waals surface area contributed by atoms with Crippen molar-refractivity contribution in [1.29, 1.82) is 0 Å². The van der Waals surface area contributed by atoms with Crippen molar-refractivity contribution in [3.8, 4) is 0 Å². The van der Waals surface area contributed by atoms with Crippen molar-refractivity contribution < 1.29 is 0 Å². The van der Waals surface area contributed by atoms with E-state index in [1.165, 1.54) is 0 Å². The average molecular weight is 217 g/mol. The van der Waals surface area contributed by atoms with Gasteiger partial charge < -0.3 is 26.6 Å². The maximum Gasteiger partial charge on any atom is 0.0104 e. The molecule has 0 unspecified atom stereocenters. The van der Waals surface area contributed by atoms with Crippen LogP contribution >= 0.6 is 0 Å². The minimum absolute atomic E-state index is 0.715. The van der Waals surface area contributed by atoms with Gasteiger partial charge in [0.25, 0.3) is 0 Å². The number of hydrogen-bond acceptors (Lipinski definition) is 5. The second-order valence-corrected chi connectivity index (χ2v) is 3.70. The molecule has 5 N–H and O–H groups in total. The number of nitrogens with one attached hydrogen (secondary N) is 3. The van der Waals surface area contributed by atoms with Crippen LogP contribution in [0.5, 0.6) is 0 Å². The first-order valence-corrected chi connectivity index (χ1v) is 5.76. The quantitative estimate of drug-likeness (QED) is 0.310. The van der Waals surface area contributed by atoms with Gasteiger partial charge in [0.1, 0.15) is 0 Å². The lowest BCUT2D eigenvalue weighted by molar-refractivity contribution is 0.333. The molecule has 0 saturated carbocycles. The molecule has 0 heterocycles. The predicted molar refractivity (Wildman–Crippen MR) is 66.2 cm³/mol. The molecular weight excluding hydrogens is 190 g/mol. The molecule has 0 aromatic heterocycles. The van der Waals surface area contributed by atoms with Crippen molar-refractivity contribution in [2.24, 2.45) is 5.73 Å². The van der Waals surface area contributed by atoms with Crippen LogP contribution in [0.1, 0.15) is 0 Å². The zero-order chi connectivity index (χ0) is 11.4. The molecule has 0 bridgehead atoms. The Labute approximate surface area is 93.8 Å². The molecule has 0 aromatic carbocycles. The molecule has 15 heavy (non-hydrogen) atoms. The highest BCUT2D eigenvalue weighted by Crippen LogP contribution is 1.77. The van der Waals surface area contributed by atoms with Gasteiger partial charge in [0.2, 0.25) is 0 Å². The second kappa shape index (κ2) is 11.9. The van der Waals surface area contributed by atoms with Crippen LogP contribution in [0.4, 0.5) is 0 Å². The van der Waals surface area contributed by atoms with E-state index in [1.807, 2.05) is 7.05 Å². The summed E-state index contributed by atoms with van der Waals surface area (Å²) in [4.78, 5) is 2.32. The first-order valence-electron chi connectivity index (χ1n) is 5.76. The summed E-state index contributed by atoms with van der Waals surface area (Å²) in [6, 6.07) is 0. The van der Waals surface area contributed by atoms with Crippen LogP contribution < -0.4 is 21.7 Å². The molecule has 0 amide bonds. The number of rotatable bonds is 11. The molecule has 5 nitrogen and oxygen atoms in total. The highest BCUT2D eigenvalue weighted by Gasteiger charge is 1.95. The normalized spacial score (nSPS) is 11.2. The molecule has 0 aliphatic rings. The highest BCUT2D eigenvalue weighted by atomic mass is 15.1. The summed E-state index contributed by atoms with van der Waals surface area (Å²) in [5, 5.41) is 9.77. The standard InChI is InChI=1S/C10H27N5/c1-12-7-9-15(2)10-8-14-6-5-13-4-3-11/h12-14H,3-11H2,1-2H3. The fourth-order valence-electron chi connectivity index (χ4n) is 1.21. The van der Waals surface area contributed by atoms with Gasteiger partial charge in [-0.05, 0) is 14.1 Å². The van der Waals surface area contributed by atoms with Gasteiger partial charge in [0.05, 0.1) is 0 Å². The molecule has 0 fully saturated rings. The van der Waals surface area contributed by atoms with Crippen LogP contribution in [0.2, 0.25) is 0 Å². The Morgan fingerprint density at radius 3 is 2.13 bits per heavy atom. The maximum absolute atomic E-state index is 5.36. The van der Waals surface area contributed by atoms with Crippen LogP contribution in [0, 0.1) is 0 Å². The van der Waals surface area contributed by atoms with Crippen molar-refractivity contribution in [3.05, 3.63) is 0 Å². The molecule has 92 valence electrons. The Hall–Kier alpha value is -0.200. The van der Waals surface area contributed by atoms with E-state index < -0.39 is 0 Å². The molecule has 0 aliphatic carbocycles. The van der Waals surface area contributed by atoms with E-state index in [0.29, 0.717) is 6.54 Å². The molecule has 0 spiro atoms. The molecule has 5 heteroatoms. The van der Waals surface area contributed by atoms with E-state index in [4.69, 9.17) is 5.73 Å². The number of nitrogens with two attached hydrogens (primary N) is 1. The second-order valence-electron chi connectivity index (χ2n) is 3.70. The number of hydrogen-bond donors (Lipinski definition) is 4. The SMILES string of the molecule is CNCCN(C)CCNCCNCCN. The topological polar surface area (TPSA) is 65.3 Å². The summed E-state index contributed by atoms with van der Waals surface area (Å²) in [5.41, 5.74) is 5.36. The third-order valence-electron chi connectivity index (χ3n) is 2.21. The van der Waals surface area contributed by atoms with Gasteiger partial charge in [-0.1, -0.05) is 0 Å². The largest absolute Gasteiger partial charge is 0.329 e. The fraction of sp³-hybridized carbons (Fsp3) is 1.00. The van der Waals surface area contributed by atoms with Gasteiger partial charge in [-0.2, -0.15) is 0 Å². The lowest BCUT2D eigenvalue weighted by Crippen LogP contribution is -2.36. The maximum atomic E-state index is 5.36. The van der Waals surface area contributed by atoms with E-state index in [-0.39, 0.29) is 0 Å². The Balaban J connectivity index is 3.02. The van der Waals surface area contributed by atoms with E-state index in [9.17, 15) is 0 Å². The minimum Gasteiger partial charge on any atom is -0.329 e. The van der Waals surface area contributed by atoms with Gasteiger partial charge >= 0.3 is 0 Å². The van der Waals surface area contributed by atoms with Crippen LogP contribution in [-0.4, -0.2) is 71.4 Å². The molecule has 0 aliphatic heterocycles. The van der Waals surface area contributed by atoms with Crippen molar-refractivity contribution in [2.75, 3.05) is 66.5 Å². The van der Waals surface area contributed by atoms with Crippen LogP contribution in [0.15, 0.2) is 0 Å². The minimum atomic E-state index is 0.715. The molecule has 0 rings (SSSR count). The van der Waals surface area contributed by atoms with E-state index in [1.54, 1.807) is 0 Å². The van der Waals surface area contributed by atoms with E-state index >= 15 is 0 Å². The monoisotopic (exact) mass is 217 g/mol. The molecule has 0 atom stereocenters. The summed E-state index contributed by atoms with van der Waals surface area (Å²) >= 11 is 0. The van der Waals surface area contributed by atoms with Crippen LogP contribution in [-0.2, 0) is 0 Å². The number of nitrogens with zero attached hydrogens (tertiary/aromatic N) is 1. The van der Waals surface area contributed by atoms with Crippen LogP contribution in [0.25, 0.3) is 0 Å². The molecule has 0 aromatic rings. The third-order valence-corrected chi connectivity index (χ3v) is 2.21. The third kappa shape index (κ3) is 11.7. The van der Waals surface area contributed by atoms with Gasteiger partial charge in [-0.3, -0.25) is 0 Å². The molecular formula is C10H27N5. The van der Waals surface area contributed by atoms with Crippen molar-refractivity contribution in [3.63, 3.8) is 0 Å². The highest BCUT2D eigenvalue weighted by molar-refractivity contribution is 4.57. The lowest BCUT2D eigenvalue weighted by atomic mass is 10.4. The summed E-state index contributed by atoms with van der Waals surface area (Å²) in [5.74, 6) is 0. The van der Waals surface area contributed by atoms with Gasteiger partial charge in [-0.15, -0.1) is 0 Å².